The van der Waals surface area contributed by atoms with Gasteiger partial charge in [0.25, 0.3) is 11.4 Å². The molecule has 0 aliphatic carbocycles. The lowest BCUT2D eigenvalue weighted by Crippen LogP contribution is -2.02. The first-order chi connectivity index (χ1) is 8.88. The van der Waals surface area contributed by atoms with Crippen LogP contribution in [0.5, 0.6) is 0 Å². The number of aryl methyl sites for hydroxylation is 1. The van der Waals surface area contributed by atoms with E-state index in [0.29, 0.717) is 5.69 Å². The lowest BCUT2D eigenvalue weighted by atomic mass is 10.2. The summed E-state index contributed by atoms with van der Waals surface area (Å²) in [7, 11) is 0. The summed E-state index contributed by atoms with van der Waals surface area (Å²) in [5, 5.41) is 25.5. The number of nitro benzene ring substituents is 2. The van der Waals surface area contributed by atoms with E-state index in [1.807, 2.05) is 0 Å². The molecule has 1 aromatic carbocycles. The van der Waals surface area contributed by atoms with Crippen molar-refractivity contribution in [1.29, 1.82) is 0 Å². The van der Waals surface area contributed by atoms with Gasteiger partial charge in [-0.15, -0.1) is 0 Å². The van der Waals surface area contributed by atoms with Crippen LogP contribution < -0.4 is 5.73 Å². The summed E-state index contributed by atoms with van der Waals surface area (Å²) in [6.07, 6.45) is 0. The Balaban J connectivity index is 2.66. The Morgan fingerprint density at radius 2 is 1.63 bits per heavy atom. The summed E-state index contributed by atoms with van der Waals surface area (Å²) in [6.45, 7) is 1.69. The van der Waals surface area contributed by atoms with E-state index in [1.165, 1.54) is 16.8 Å². The van der Waals surface area contributed by atoms with E-state index in [-0.39, 0.29) is 22.9 Å². The molecule has 0 saturated heterocycles. The van der Waals surface area contributed by atoms with Crippen molar-refractivity contribution in [2.75, 3.05) is 5.73 Å². The maximum atomic E-state index is 10.8. The molecule has 0 aliphatic rings. The van der Waals surface area contributed by atoms with Crippen LogP contribution in [0, 0.1) is 27.2 Å². The molecule has 0 saturated carbocycles. The first kappa shape index (κ1) is 12.5. The van der Waals surface area contributed by atoms with Gasteiger partial charge in [0.1, 0.15) is 5.82 Å². The minimum absolute atomic E-state index is 0.218. The van der Waals surface area contributed by atoms with Gasteiger partial charge >= 0.3 is 0 Å². The first-order valence-electron chi connectivity index (χ1n) is 5.15. The van der Waals surface area contributed by atoms with Crippen LogP contribution in [-0.4, -0.2) is 19.6 Å². The molecule has 0 fully saturated rings. The number of benzene rings is 1. The van der Waals surface area contributed by atoms with Crippen molar-refractivity contribution in [2.45, 2.75) is 6.92 Å². The highest BCUT2D eigenvalue weighted by Crippen LogP contribution is 2.25. The molecule has 0 radical (unpaired) electrons. The number of nitrogen functional groups attached to an aromatic ring is 1. The molecule has 0 amide bonds. The van der Waals surface area contributed by atoms with Crippen molar-refractivity contribution < 1.29 is 9.85 Å². The number of aromatic nitrogens is 2. The summed E-state index contributed by atoms with van der Waals surface area (Å²) < 4.78 is 1.31. The lowest BCUT2D eigenvalue weighted by molar-refractivity contribution is -0.394. The number of hydrogen-bond acceptors (Lipinski definition) is 6. The average Bonchev–Trinajstić information content (AvgIpc) is 2.67. The third-order valence-corrected chi connectivity index (χ3v) is 2.46. The van der Waals surface area contributed by atoms with Gasteiger partial charge in [-0.3, -0.25) is 20.2 Å². The van der Waals surface area contributed by atoms with Crippen LogP contribution in [0.4, 0.5) is 17.2 Å². The maximum Gasteiger partial charge on any atom is 0.278 e. The largest absolute Gasteiger partial charge is 0.382 e. The molecule has 1 heterocycles. The van der Waals surface area contributed by atoms with Crippen LogP contribution in [-0.2, 0) is 0 Å². The minimum atomic E-state index is -0.696. The van der Waals surface area contributed by atoms with Crippen LogP contribution in [0.15, 0.2) is 24.3 Å². The number of nitrogens with two attached hydrogens (primary N) is 1. The fourth-order valence-electron chi connectivity index (χ4n) is 1.67. The van der Waals surface area contributed by atoms with Gasteiger partial charge in [-0.1, -0.05) is 0 Å². The summed E-state index contributed by atoms with van der Waals surface area (Å²) in [5.74, 6) is 0.228. The molecule has 19 heavy (non-hydrogen) atoms. The Morgan fingerprint density at radius 1 is 1.11 bits per heavy atom. The van der Waals surface area contributed by atoms with E-state index in [1.54, 1.807) is 13.0 Å². The highest BCUT2D eigenvalue weighted by Gasteiger charge is 2.18. The van der Waals surface area contributed by atoms with Crippen molar-refractivity contribution in [3.8, 4) is 5.69 Å². The third-order valence-electron chi connectivity index (χ3n) is 2.46. The Labute approximate surface area is 106 Å². The zero-order valence-electron chi connectivity index (χ0n) is 9.81. The Kier molecular flexibility index (Phi) is 2.87. The first-order valence-corrected chi connectivity index (χ1v) is 5.15. The van der Waals surface area contributed by atoms with E-state index >= 15 is 0 Å². The molecule has 9 nitrogen and oxygen atoms in total. The van der Waals surface area contributed by atoms with Crippen molar-refractivity contribution in [1.82, 2.24) is 9.78 Å². The Hall–Kier alpha value is -2.97. The molecule has 9 heteroatoms. The molecule has 0 bridgehead atoms. The molecular weight excluding hydrogens is 254 g/mol. The van der Waals surface area contributed by atoms with E-state index in [2.05, 4.69) is 5.10 Å². The molecule has 2 aromatic rings. The number of nitro groups is 2. The molecule has 1 aromatic heterocycles. The fourth-order valence-corrected chi connectivity index (χ4v) is 1.67. The summed E-state index contributed by atoms with van der Waals surface area (Å²) in [6, 6.07) is 4.86. The number of non-ortho nitro benzene ring substituents is 2. The Morgan fingerprint density at radius 3 is 2.00 bits per heavy atom. The van der Waals surface area contributed by atoms with Crippen LogP contribution in [0.1, 0.15) is 5.69 Å². The molecule has 0 aliphatic heterocycles. The monoisotopic (exact) mass is 263 g/mol. The van der Waals surface area contributed by atoms with Crippen molar-refractivity contribution in [2.24, 2.45) is 0 Å². The van der Waals surface area contributed by atoms with E-state index in [4.69, 9.17) is 5.73 Å². The zero-order valence-corrected chi connectivity index (χ0v) is 9.81. The zero-order chi connectivity index (χ0) is 14.2. The van der Waals surface area contributed by atoms with Gasteiger partial charge in [-0.05, 0) is 6.92 Å². The predicted octanol–water partition coefficient (Wildman–Crippen LogP) is 1.58. The molecule has 2 N–H and O–H groups in total. The minimum Gasteiger partial charge on any atom is -0.382 e. The lowest BCUT2D eigenvalue weighted by Gasteiger charge is -2.04. The van der Waals surface area contributed by atoms with Gasteiger partial charge < -0.3 is 5.73 Å². The van der Waals surface area contributed by atoms with Gasteiger partial charge in [-0.25, -0.2) is 4.68 Å². The normalized spacial score (nSPS) is 10.4. The summed E-state index contributed by atoms with van der Waals surface area (Å²) >= 11 is 0. The second-order valence-electron chi connectivity index (χ2n) is 3.84. The van der Waals surface area contributed by atoms with Crippen molar-refractivity contribution >= 4 is 17.2 Å². The molecule has 0 spiro atoms. The van der Waals surface area contributed by atoms with Gasteiger partial charge in [0.2, 0.25) is 0 Å². The quantitative estimate of drug-likeness (QED) is 0.660. The summed E-state index contributed by atoms with van der Waals surface area (Å²) in [5.41, 5.74) is 5.59. The van der Waals surface area contributed by atoms with Crippen LogP contribution >= 0.6 is 0 Å². The number of anilines is 1. The van der Waals surface area contributed by atoms with E-state index < -0.39 is 9.85 Å². The highest BCUT2D eigenvalue weighted by atomic mass is 16.6. The topological polar surface area (TPSA) is 130 Å². The smallest absolute Gasteiger partial charge is 0.278 e. The molecule has 98 valence electrons. The molecule has 0 unspecified atom stereocenters. The van der Waals surface area contributed by atoms with Gasteiger partial charge in [-0.2, -0.15) is 5.10 Å². The predicted molar refractivity (Wildman–Crippen MR) is 66.0 cm³/mol. The van der Waals surface area contributed by atoms with Gasteiger partial charge in [0.15, 0.2) is 0 Å². The standard InChI is InChI=1S/C10H9N5O4/c1-6-2-10(11)12-13(6)7-3-8(14(16)17)5-9(4-7)15(18)19/h2-5H,1H3,(H2,11,12). The van der Waals surface area contributed by atoms with Gasteiger partial charge in [0, 0.05) is 23.9 Å². The molecule has 0 atom stereocenters. The highest BCUT2D eigenvalue weighted by molar-refractivity contribution is 5.53. The SMILES string of the molecule is Cc1cc(N)nn1-c1cc([N+](=O)[O-])cc([N+](=O)[O-])c1. The number of hydrogen-bond donors (Lipinski definition) is 1. The van der Waals surface area contributed by atoms with Crippen molar-refractivity contribution in [3.63, 3.8) is 0 Å². The maximum absolute atomic E-state index is 10.8. The van der Waals surface area contributed by atoms with Gasteiger partial charge in [0.05, 0.1) is 21.6 Å². The van der Waals surface area contributed by atoms with Crippen LogP contribution in [0.25, 0.3) is 5.69 Å². The second kappa shape index (κ2) is 4.37. The molecular formula is C10H9N5O4. The number of nitrogens with zero attached hydrogens (tertiary/aromatic N) is 4. The Bertz CT molecular complexity index is 646. The summed E-state index contributed by atoms with van der Waals surface area (Å²) in [4.78, 5) is 20.2. The van der Waals surface area contributed by atoms with Crippen molar-refractivity contribution in [3.05, 3.63) is 50.2 Å². The third kappa shape index (κ3) is 2.34. The number of rotatable bonds is 3. The van der Waals surface area contributed by atoms with E-state index in [9.17, 15) is 20.2 Å². The van der Waals surface area contributed by atoms with Crippen LogP contribution in [0.3, 0.4) is 0 Å². The second-order valence-corrected chi connectivity index (χ2v) is 3.84. The molecule has 2 rings (SSSR count). The van der Waals surface area contributed by atoms with E-state index in [0.717, 1.165) is 6.07 Å². The van der Waals surface area contributed by atoms with Crippen LogP contribution in [0.2, 0.25) is 0 Å². The fraction of sp³-hybridized carbons (Fsp3) is 0.100. The average molecular weight is 263 g/mol.